The fraction of sp³-hybridized carbons (Fsp3) is 0.200. The van der Waals surface area contributed by atoms with Crippen molar-refractivity contribution in [2.75, 3.05) is 5.32 Å². The van der Waals surface area contributed by atoms with E-state index in [0.29, 0.717) is 18.7 Å². The average molecular weight is 320 g/mol. The molecule has 0 aliphatic heterocycles. The number of nitrogens with zero attached hydrogens (tertiary/aromatic N) is 1. The third kappa shape index (κ3) is 4.10. The Bertz CT molecular complexity index is 818. The number of hydrogen-bond acceptors (Lipinski definition) is 3. The van der Waals surface area contributed by atoms with E-state index < -0.39 is 0 Å². The van der Waals surface area contributed by atoms with E-state index in [9.17, 15) is 4.79 Å². The van der Waals surface area contributed by atoms with E-state index in [1.54, 1.807) is 6.20 Å². The number of carbonyl (C=O) groups excluding carboxylic acids is 1. The number of nitrogens with one attached hydrogen (secondary N) is 1. The molecule has 4 nitrogen and oxygen atoms in total. The summed E-state index contributed by atoms with van der Waals surface area (Å²) in [6.45, 7) is 4.06. The molecule has 0 aliphatic carbocycles. The van der Waals surface area contributed by atoms with Crippen LogP contribution in [0.15, 0.2) is 59.1 Å². The van der Waals surface area contributed by atoms with Crippen molar-refractivity contribution < 1.29 is 9.21 Å². The second-order valence-electron chi connectivity index (χ2n) is 5.90. The lowest BCUT2D eigenvalue weighted by atomic mass is 10.1. The SMILES string of the molecule is Cc1ccc(NC(=O)CCc2ncc(-c3ccc(C)cc3)o2)cc1. The van der Waals surface area contributed by atoms with Gasteiger partial charge < -0.3 is 9.73 Å². The molecule has 3 rings (SSSR count). The van der Waals surface area contributed by atoms with Gasteiger partial charge in [-0.2, -0.15) is 0 Å². The van der Waals surface area contributed by atoms with Crippen molar-refractivity contribution in [2.45, 2.75) is 26.7 Å². The van der Waals surface area contributed by atoms with Crippen LogP contribution in [-0.2, 0) is 11.2 Å². The van der Waals surface area contributed by atoms with Crippen molar-refractivity contribution >= 4 is 11.6 Å². The van der Waals surface area contributed by atoms with Crippen LogP contribution in [0.25, 0.3) is 11.3 Å². The standard InChI is InChI=1S/C20H20N2O2/c1-14-3-7-16(8-4-14)18-13-21-20(24-18)12-11-19(23)22-17-9-5-15(2)6-10-17/h3-10,13H,11-12H2,1-2H3,(H,22,23). The Morgan fingerprint density at radius 3 is 2.29 bits per heavy atom. The highest BCUT2D eigenvalue weighted by Gasteiger charge is 2.09. The van der Waals surface area contributed by atoms with Crippen molar-refractivity contribution in [3.8, 4) is 11.3 Å². The Balaban J connectivity index is 1.56. The van der Waals surface area contributed by atoms with Crippen molar-refractivity contribution in [1.82, 2.24) is 4.98 Å². The smallest absolute Gasteiger partial charge is 0.224 e. The molecule has 1 aromatic heterocycles. The first kappa shape index (κ1) is 16.0. The predicted molar refractivity (Wildman–Crippen MR) is 94.8 cm³/mol. The molecule has 0 spiro atoms. The van der Waals surface area contributed by atoms with Gasteiger partial charge in [-0.25, -0.2) is 4.98 Å². The molecule has 122 valence electrons. The molecule has 0 saturated heterocycles. The lowest BCUT2D eigenvalue weighted by Gasteiger charge is -2.04. The predicted octanol–water partition coefficient (Wildman–Crippen LogP) is 4.53. The number of aryl methyl sites for hydroxylation is 3. The summed E-state index contributed by atoms with van der Waals surface area (Å²) in [6, 6.07) is 15.8. The highest BCUT2D eigenvalue weighted by Crippen LogP contribution is 2.21. The summed E-state index contributed by atoms with van der Waals surface area (Å²) >= 11 is 0. The molecule has 0 atom stereocenters. The maximum absolute atomic E-state index is 12.0. The quantitative estimate of drug-likeness (QED) is 0.751. The first-order chi connectivity index (χ1) is 11.6. The summed E-state index contributed by atoms with van der Waals surface area (Å²) in [5, 5.41) is 2.88. The number of aromatic nitrogens is 1. The van der Waals surface area contributed by atoms with Crippen molar-refractivity contribution in [3.63, 3.8) is 0 Å². The minimum absolute atomic E-state index is 0.0473. The molecular weight excluding hydrogens is 300 g/mol. The molecule has 1 heterocycles. The minimum Gasteiger partial charge on any atom is -0.441 e. The summed E-state index contributed by atoms with van der Waals surface area (Å²) in [6.07, 6.45) is 2.52. The highest BCUT2D eigenvalue weighted by atomic mass is 16.4. The lowest BCUT2D eigenvalue weighted by molar-refractivity contribution is -0.116. The average Bonchev–Trinajstić information content (AvgIpc) is 3.05. The maximum Gasteiger partial charge on any atom is 0.224 e. The number of hydrogen-bond donors (Lipinski definition) is 1. The van der Waals surface area contributed by atoms with Crippen LogP contribution in [0.5, 0.6) is 0 Å². The summed E-state index contributed by atoms with van der Waals surface area (Å²) in [5.74, 6) is 1.25. The molecular formula is C20H20N2O2. The van der Waals surface area contributed by atoms with Crippen molar-refractivity contribution in [3.05, 3.63) is 71.7 Å². The number of amides is 1. The molecule has 0 aliphatic rings. The maximum atomic E-state index is 12.0. The second kappa shape index (κ2) is 7.13. The van der Waals surface area contributed by atoms with E-state index in [2.05, 4.69) is 10.3 Å². The van der Waals surface area contributed by atoms with Crippen molar-refractivity contribution in [1.29, 1.82) is 0 Å². The molecule has 0 bridgehead atoms. The fourth-order valence-corrected chi connectivity index (χ4v) is 2.36. The highest BCUT2D eigenvalue weighted by molar-refractivity contribution is 5.90. The minimum atomic E-state index is -0.0473. The molecule has 1 N–H and O–H groups in total. The largest absolute Gasteiger partial charge is 0.441 e. The van der Waals surface area contributed by atoms with Gasteiger partial charge in [-0.1, -0.05) is 47.5 Å². The van der Waals surface area contributed by atoms with Gasteiger partial charge in [-0.15, -0.1) is 0 Å². The Kier molecular flexibility index (Phi) is 4.75. The van der Waals surface area contributed by atoms with Crippen LogP contribution in [0.3, 0.4) is 0 Å². The van der Waals surface area contributed by atoms with Crippen LogP contribution in [0.4, 0.5) is 5.69 Å². The monoisotopic (exact) mass is 320 g/mol. The topological polar surface area (TPSA) is 55.1 Å². The number of benzene rings is 2. The third-order valence-electron chi connectivity index (χ3n) is 3.79. The van der Waals surface area contributed by atoms with E-state index in [1.165, 1.54) is 5.56 Å². The zero-order chi connectivity index (χ0) is 16.9. The van der Waals surface area contributed by atoms with Gasteiger partial charge in [0, 0.05) is 24.1 Å². The van der Waals surface area contributed by atoms with Gasteiger partial charge in [0.1, 0.15) is 0 Å². The molecule has 24 heavy (non-hydrogen) atoms. The molecule has 0 saturated carbocycles. The van der Waals surface area contributed by atoms with Crippen LogP contribution in [0.1, 0.15) is 23.4 Å². The Hall–Kier alpha value is -2.88. The Morgan fingerprint density at radius 1 is 1.00 bits per heavy atom. The van der Waals surface area contributed by atoms with Gasteiger partial charge >= 0.3 is 0 Å². The van der Waals surface area contributed by atoms with E-state index in [-0.39, 0.29) is 5.91 Å². The summed E-state index contributed by atoms with van der Waals surface area (Å²) in [5.41, 5.74) is 4.16. The van der Waals surface area contributed by atoms with Gasteiger partial charge in [-0.3, -0.25) is 4.79 Å². The van der Waals surface area contributed by atoms with E-state index in [0.717, 1.165) is 22.6 Å². The van der Waals surface area contributed by atoms with Crippen LogP contribution in [-0.4, -0.2) is 10.9 Å². The molecule has 0 fully saturated rings. The van der Waals surface area contributed by atoms with Crippen LogP contribution < -0.4 is 5.32 Å². The summed E-state index contributed by atoms with van der Waals surface area (Å²) in [4.78, 5) is 16.3. The van der Waals surface area contributed by atoms with E-state index in [4.69, 9.17) is 4.42 Å². The molecule has 0 radical (unpaired) electrons. The zero-order valence-corrected chi connectivity index (χ0v) is 13.9. The molecule has 4 heteroatoms. The molecule has 0 unspecified atom stereocenters. The Labute approximate surface area is 141 Å². The summed E-state index contributed by atoms with van der Waals surface area (Å²) < 4.78 is 5.73. The zero-order valence-electron chi connectivity index (χ0n) is 13.9. The van der Waals surface area contributed by atoms with Crippen molar-refractivity contribution in [2.24, 2.45) is 0 Å². The van der Waals surface area contributed by atoms with Gasteiger partial charge in [0.25, 0.3) is 0 Å². The number of rotatable bonds is 5. The normalized spacial score (nSPS) is 10.6. The molecule has 2 aromatic carbocycles. The van der Waals surface area contributed by atoms with Crippen LogP contribution in [0.2, 0.25) is 0 Å². The van der Waals surface area contributed by atoms with E-state index in [1.807, 2.05) is 62.4 Å². The second-order valence-corrected chi connectivity index (χ2v) is 5.90. The lowest BCUT2D eigenvalue weighted by Crippen LogP contribution is -2.12. The number of anilines is 1. The first-order valence-electron chi connectivity index (χ1n) is 7.98. The molecule has 3 aromatic rings. The first-order valence-corrected chi connectivity index (χ1v) is 7.98. The molecule has 1 amide bonds. The van der Waals surface area contributed by atoms with Gasteiger partial charge in [0.05, 0.1) is 6.20 Å². The summed E-state index contributed by atoms with van der Waals surface area (Å²) in [7, 11) is 0. The van der Waals surface area contributed by atoms with Gasteiger partial charge in [0.15, 0.2) is 11.7 Å². The van der Waals surface area contributed by atoms with Crippen LogP contribution in [0, 0.1) is 13.8 Å². The van der Waals surface area contributed by atoms with Crippen LogP contribution >= 0.6 is 0 Å². The van der Waals surface area contributed by atoms with Gasteiger partial charge in [0.2, 0.25) is 5.91 Å². The third-order valence-corrected chi connectivity index (χ3v) is 3.79. The number of oxazole rings is 1. The number of carbonyl (C=O) groups is 1. The van der Waals surface area contributed by atoms with Gasteiger partial charge in [-0.05, 0) is 26.0 Å². The Morgan fingerprint density at radius 2 is 1.62 bits per heavy atom. The fourth-order valence-electron chi connectivity index (χ4n) is 2.36. The van der Waals surface area contributed by atoms with E-state index >= 15 is 0 Å².